The van der Waals surface area contributed by atoms with E-state index in [1.165, 1.54) is 24.1 Å². The molecule has 0 aromatic heterocycles. The van der Waals surface area contributed by atoms with Gasteiger partial charge in [0.15, 0.2) is 0 Å². The van der Waals surface area contributed by atoms with E-state index in [2.05, 4.69) is 6.92 Å². The lowest BCUT2D eigenvalue weighted by molar-refractivity contribution is 0.0977. The molecule has 0 bridgehead atoms. The number of hydrogen-bond donors (Lipinski definition) is 1. The summed E-state index contributed by atoms with van der Waals surface area (Å²) in [7, 11) is -3.72. The minimum atomic E-state index is -3.72. The zero-order valence-electron chi connectivity index (χ0n) is 16.0. The lowest BCUT2D eigenvalue weighted by Gasteiger charge is -2.21. The van der Waals surface area contributed by atoms with E-state index >= 15 is 0 Å². The van der Waals surface area contributed by atoms with Crippen molar-refractivity contribution in [1.29, 1.82) is 0 Å². The highest BCUT2D eigenvalue weighted by Crippen LogP contribution is 2.45. The van der Waals surface area contributed by atoms with Crippen LogP contribution in [0.2, 0.25) is 0 Å². The number of ether oxygens (including phenoxy) is 1. The molecule has 0 aliphatic heterocycles. The predicted molar refractivity (Wildman–Crippen MR) is 104 cm³/mol. The van der Waals surface area contributed by atoms with Gasteiger partial charge in [0.05, 0.1) is 17.1 Å². The quantitative estimate of drug-likeness (QED) is 0.710. The predicted octanol–water partition coefficient (Wildman–Crippen LogP) is 4.40. The second-order valence-corrected chi connectivity index (χ2v) is 10.2. The molecule has 152 valence electrons. The summed E-state index contributed by atoms with van der Waals surface area (Å²) in [6.45, 7) is 2.17. The number of halogens is 1. The smallest absolute Gasteiger partial charge is 0.267 e. The van der Waals surface area contributed by atoms with Gasteiger partial charge in [0.2, 0.25) is 10.0 Å². The Morgan fingerprint density at radius 3 is 2.57 bits per heavy atom. The van der Waals surface area contributed by atoms with Crippen LogP contribution in [0.25, 0.3) is 0 Å². The number of rotatable bonds is 6. The van der Waals surface area contributed by atoms with Crippen LogP contribution in [0.3, 0.4) is 0 Å². The van der Waals surface area contributed by atoms with E-state index in [1.807, 2.05) is 4.72 Å². The van der Waals surface area contributed by atoms with E-state index < -0.39 is 27.0 Å². The summed E-state index contributed by atoms with van der Waals surface area (Å²) in [4.78, 5) is 12.4. The van der Waals surface area contributed by atoms with Gasteiger partial charge in [0.1, 0.15) is 11.6 Å². The van der Waals surface area contributed by atoms with Crippen LogP contribution < -0.4 is 9.46 Å². The first-order valence-electron chi connectivity index (χ1n) is 10.1. The number of carbonyl (C=O) groups is 1. The Labute approximate surface area is 165 Å². The first-order valence-corrected chi connectivity index (χ1v) is 11.6. The number of nitrogens with one attached hydrogen (secondary N) is 1. The third-order valence-corrected chi connectivity index (χ3v) is 7.70. The Kier molecular flexibility index (Phi) is 5.21. The van der Waals surface area contributed by atoms with Crippen LogP contribution in [-0.2, 0) is 10.0 Å². The van der Waals surface area contributed by atoms with E-state index in [-0.39, 0.29) is 11.5 Å². The summed E-state index contributed by atoms with van der Waals surface area (Å²) >= 11 is 0. The Morgan fingerprint density at radius 1 is 1.18 bits per heavy atom. The van der Waals surface area contributed by atoms with Crippen LogP contribution in [0.15, 0.2) is 24.0 Å². The highest BCUT2D eigenvalue weighted by atomic mass is 32.2. The van der Waals surface area contributed by atoms with Crippen molar-refractivity contribution in [1.82, 2.24) is 4.72 Å². The van der Waals surface area contributed by atoms with Crippen molar-refractivity contribution < 1.29 is 22.3 Å². The summed E-state index contributed by atoms with van der Waals surface area (Å²) in [5.41, 5.74) is 1.76. The van der Waals surface area contributed by atoms with E-state index in [0.29, 0.717) is 24.5 Å². The summed E-state index contributed by atoms with van der Waals surface area (Å²) in [5.74, 6) is -0.563. The van der Waals surface area contributed by atoms with E-state index in [0.717, 1.165) is 37.7 Å². The lowest BCUT2D eigenvalue weighted by atomic mass is 9.86. The van der Waals surface area contributed by atoms with Crippen LogP contribution in [-0.4, -0.2) is 19.6 Å². The molecule has 3 fully saturated rings. The van der Waals surface area contributed by atoms with Crippen molar-refractivity contribution >= 4 is 15.9 Å². The monoisotopic (exact) mass is 407 g/mol. The fourth-order valence-corrected chi connectivity index (χ4v) is 5.02. The van der Waals surface area contributed by atoms with Gasteiger partial charge >= 0.3 is 0 Å². The molecule has 0 spiro atoms. The van der Waals surface area contributed by atoms with Crippen molar-refractivity contribution in [2.75, 3.05) is 0 Å². The molecule has 7 heteroatoms. The van der Waals surface area contributed by atoms with Crippen LogP contribution in [0, 0.1) is 11.7 Å². The van der Waals surface area contributed by atoms with Gasteiger partial charge in [0.25, 0.3) is 5.91 Å². The summed E-state index contributed by atoms with van der Waals surface area (Å²) in [6, 6.07) is 2.68. The molecule has 1 aromatic rings. The van der Waals surface area contributed by atoms with Crippen LogP contribution >= 0.6 is 0 Å². The summed E-state index contributed by atoms with van der Waals surface area (Å²) in [5, 5.41) is -0.533. The zero-order chi connectivity index (χ0) is 19.9. The third kappa shape index (κ3) is 4.24. The first-order chi connectivity index (χ1) is 13.3. The number of hydrogen-bond acceptors (Lipinski definition) is 4. The van der Waals surface area contributed by atoms with Gasteiger partial charge in [-0.1, -0.05) is 13.3 Å². The first kappa shape index (κ1) is 19.4. The summed E-state index contributed by atoms with van der Waals surface area (Å²) < 4.78 is 46.5. The number of amides is 1. The van der Waals surface area contributed by atoms with Crippen molar-refractivity contribution in [3.8, 4) is 5.75 Å². The molecule has 0 radical (unpaired) electrons. The highest BCUT2D eigenvalue weighted by molar-refractivity contribution is 7.91. The Balaban J connectivity index is 1.57. The molecule has 3 aliphatic rings. The van der Waals surface area contributed by atoms with Crippen molar-refractivity contribution in [2.24, 2.45) is 5.92 Å². The minimum absolute atomic E-state index is 0.226. The second kappa shape index (κ2) is 7.50. The normalized spacial score (nSPS) is 24.2. The fraction of sp³-hybridized carbons (Fsp3) is 0.571. The Morgan fingerprint density at radius 2 is 1.93 bits per heavy atom. The van der Waals surface area contributed by atoms with Gasteiger partial charge in [0, 0.05) is 6.07 Å². The van der Waals surface area contributed by atoms with Crippen molar-refractivity contribution in [3.63, 3.8) is 0 Å². The molecule has 3 saturated carbocycles. The van der Waals surface area contributed by atoms with Crippen LogP contribution in [0.4, 0.5) is 4.39 Å². The molecule has 1 N–H and O–H groups in total. The standard InChI is InChI=1S/C21H26FNO4S/c1-13-4-2-3-5-15(13)12-27-20-11-19(22)18(10-17(20)14-6-7-14)21(24)23-28(25,26)16-8-9-16/h10-14,16H,2-9H2,1H3,(H,23,24)/b15-12-. The van der Waals surface area contributed by atoms with Crippen LogP contribution in [0.1, 0.15) is 80.1 Å². The van der Waals surface area contributed by atoms with E-state index in [4.69, 9.17) is 4.74 Å². The third-order valence-electron chi connectivity index (χ3n) is 5.88. The number of benzene rings is 1. The average Bonchev–Trinajstić information content (AvgIpc) is 3.53. The maximum Gasteiger partial charge on any atom is 0.267 e. The molecule has 1 atom stereocenters. The lowest BCUT2D eigenvalue weighted by Crippen LogP contribution is -2.33. The van der Waals surface area contributed by atoms with Gasteiger partial charge < -0.3 is 4.74 Å². The number of sulfonamides is 1. The van der Waals surface area contributed by atoms with Crippen molar-refractivity contribution in [3.05, 3.63) is 40.9 Å². The molecule has 1 unspecified atom stereocenters. The molecule has 3 aliphatic carbocycles. The maximum atomic E-state index is 14.6. The number of allylic oxidation sites excluding steroid dienone is 1. The molecule has 4 rings (SSSR count). The SMILES string of the molecule is CC1CCCC/C1=C/Oc1cc(F)c(C(=O)NS(=O)(=O)C2CC2)cc1C1CC1. The van der Waals surface area contributed by atoms with Gasteiger partial charge in [-0.3, -0.25) is 4.79 Å². The maximum absolute atomic E-state index is 14.6. The summed E-state index contributed by atoms with van der Waals surface area (Å²) in [6.07, 6.45) is 9.20. The fourth-order valence-electron chi connectivity index (χ4n) is 3.73. The largest absolute Gasteiger partial charge is 0.465 e. The minimum Gasteiger partial charge on any atom is -0.465 e. The molecule has 28 heavy (non-hydrogen) atoms. The van der Waals surface area contributed by atoms with Crippen LogP contribution in [0.5, 0.6) is 5.75 Å². The highest BCUT2D eigenvalue weighted by Gasteiger charge is 2.38. The average molecular weight is 408 g/mol. The molecular weight excluding hydrogens is 381 g/mol. The van der Waals surface area contributed by atoms with Crippen molar-refractivity contribution in [2.45, 2.75) is 69.5 Å². The van der Waals surface area contributed by atoms with Gasteiger partial charge in [-0.25, -0.2) is 17.5 Å². The van der Waals surface area contributed by atoms with E-state index in [1.54, 1.807) is 6.26 Å². The molecule has 5 nitrogen and oxygen atoms in total. The molecular formula is C21H26FNO4S. The van der Waals surface area contributed by atoms with Gasteiger partial charge in [-0.2, -0.15) is 0 Å². The van der Waals surface area contributed by atoms with Gasteiger partial charge in [-0.15, -0.1) is 0 Å². The van der Waals surface area contributed by atoms with Gasteiger partial charge in [-0.05, 0) is 74.0 Å². The Bertz CT molecular complexity index is 917. The number of carbonyl (C=O) groups excluding carboxylic acids is 1. The van der Waals surface area contributed by atoms with E-state index in [9.17, 15) is 17.6 Å². The molecule has 1 amide bonds. The molecule has 1 aromatic carbocycles. The zero-order valence-corrected chi connectivity index (χ0v) is 16.9. The molecule has 0 saturated heterocycles. The Hall–Kier alpha value is -1.89. The molecule has 0 heterocycles. The second-order valence-electron chi connectivity index (χ2n) is 8.28. The topological polar surface area (TPSA) is 72.5 Å².